The third kappa shape index (κ3) is 4.99. The van der Waals surface area contributed by atoms with Crippen LogP contribution in [0.4, 0.5) is 0 Å². The third-order valence-corrected chi connectivity index (χ3v) is 2.14. The quantitative estimate of drug-likeness (QED) is 0.517. The lowest BCUT2D eigenvalue weighted by Gasteiger charge is -2.31. The van der Waals surface area contributed by atoms with Gasteiger partial charge in [0.05, 0.1) is 6.61 Å². The first-order valence-corrected chi connectivity index (χ1v) is 4.51. The number of aliphatic hydroxyl groups excluding tert-OH is 1. The lowest BCUT2D eigenvalue weighted by atomic mass is 10.1. The highest BCUT2D eigenvalue weighted by atomic mass is 16.5. The number of esters is 1. The number of ether oxygens (including phenoxy) is 1. The zero-order valence-electron chi connectivity index (χ0n) is 9.28. The van der Waals surface area contributed by atoms with E-state index in [-0.39, 0.29) is 12.1 Å². The fourth-order valence-corrected chi connectivity index (χ4v) is 0.574. The summed E-state index contributed by atoms with van der Waals surface area (Å²) < 4.78 is 4.99. The molecule has 0 rings (SSSR count). The molecule has 0 atom stereocenters. The second-order valence-corrected chi connectivity index (χ2v) is 3.90. The Hall–Kier alpha value is -0.870. The largest absolute Gasteiger partial charge is 0.461 e. The zero-order chi connectivity index (χ0) is 11.2. The molecule has 4 heteroatoms. The van der Waals surface area contributed by atoms with E-state index in [0.717, 1.165) is 0 Å². The highest BCUT2D eigenvalue weighted by molar-refractivity contribution is 5.81. The summed E-state index contributed by atoms with van der Waals surface area (Å²) in [5.74, 6) is -0.422. The van der Waals surface area contributed by atoms with Crippen molar-refractivity contribution in [3.8, 4) is 0 Å². The van der Waals surface area contributed by atoms with E-state index in [9.17, 15) is 4.79 Å². The maximum absolute atomic E-state index is 11.0. The first kappa shape index (κ1) is 13.1. The van der Waals surface area contributed by atoms with Gasteiger partial charge in [-0.1, -0.05) is 6.08 Å². The van der Waals surface area contributed by atoms with Crippen LogP contribution in [0.2, 0.25) is 0 Å². The van der Waals surface area contributed by atoms with Crippen LogP contribution in [0, 0.1) is 0 Å². The van der Waals surface area contributed by atoms with Gasteiger partial charge in [0, 0.05) is 11.6 Å². The van der Waals surface area contributed by atoms with Crippen LogP contribution in [0.3, 0.4) is 0 Å². The number of aliphatic hydroxyl groups is 1. The fraction of sp³-hybridized carbons (Fsp3) is 0.700. The molecule has 0 aliphatic rings. The van der Waals surface area contributed by atoms with E-state index in [0.29, 0.717) is 6.61 Å². The number of carbonyl (C=O) groups excluding carboxylic acids is 1. The van der Waals surface area contributed by atoms with Gasteiger partial charge in [-0.05, 0) is 27.9 Å². The van der Waals surface area contributed by atoms with Crippen molar-refractivity contribution in [1.29, 1.82) is 0 Å². The standard InChI is InChI=1S/C10H19NO3/c1-10(2,11(3)4)8-14-9(13)6-5-7-12/h5-6,12H,7-8H2,1-4H3/b6-5+. The molecule has 0 aromatic heterocycles. The van der Waals surface area contributed by atoms with Crippen LogP contribution < -0.4 is 0 Å². The van der Waals surface area contributed by atoms with E-state index in [1.807, 2.05) is 32.8 Å². The topological polar surface area (TPSA) is 49.8 Å². The summed E-state index contributed by atoms with van der Waals surface area (Å²) in [5.41, 5.74) is -0.178. The maximum atomic E-state index is 11.0. The molecule has 0 heterocycles. The molecule has 0 aromatic rings. The van der Waals surface area contributed by atoms with Crippen molar-refractivity contribution in [2.45, 2.75) is 19.4 Å². The molecular formula is C10H19NO3. The van der Waals surface area contributed by atoms with Crippen LogP contribution >= 0.6 is 0 Å². The van der Waals surface area contributed by atoms with E-state index in [1.54, 1.807) is 0 Å². The van der Waals surface area contributed by atoms with E-state index in [2.05, 4.69) is 0 Å². The summed E-state index contributed by atoms with van der Waals surface area (Å²) in [6.45, 7) is 4.15. The van der Waals surface area contributed by atoms with Gasteiger partial charge in [0.25, 0.3) is 0 Å². The Morgan fingerprint density at radius 2 is 2.07 bits per heavy atom. The summed E-state index contributed by atoms with van der Waals surface area (Å²) in [5, 5.41) is 8.43. The number of carbonyl (C=O) groups is 1. The molecule has 0 amide bonds. The van der Waals surface area contributed by atoms with Crippen LogP contribution in [0.25, 0.3) is 0 Å². The number of nitrogens with zero attached hydrogens (tertiary/aromatic N) is 1. The van der Waals surface area contributed by atoms with Crippen molar-refractivity contribution in [3.63, 3.8) is 0 Å². The molecule has 0 aliphatic carbocycles. The van der Waals surface area contributed by atoms with Crippen LogP contribution in [0.1, 0.15) is 13.8 Å². The Bertz CT molecular complexity index is 209. The Morgan fingerprint density at radius 1 is 1.50 bits per heavy atom. The van der Waals surface area contributed by atoms with E-state index >= 15 is 0 Å². The average molecular weight is 201 g/mol. The molecule has 0 saturated carbocycles. The summed E-state index contributed by atoms with van der Waals surface area (Å²) in [4.78, 5) is 13.0. The normalized spacial score (nSPS) is 12.4. The van der Waals surface area contributed by atoms with Gasteiger partial charge in [-0.15, -0.1) is 0 Å². The van der Waals surface area contributed by atoms with Gasteiger partial charge in [-0.25, -0.2) is 4.79 Å². The predicted molar refractivity (Wildman–Crippen MR) is 55.0 cm³/mol. The van der Waals surface area contributed by atoms with Gasteiger partial charge in [0.1, 0.15) is 6.61 Å². The molecule has 0 saturated heterocycles. The number of rotatable bonds is 5. The van der Waals surface area contributed by atoms with Crippen LogP contribution in [0.5, 0.6) is 0 Å². The molecule has 0 bridgehead atoms. The van der Waals surface area contributed by atoms with Gasteiger partial charge in [0.2, 0.25) is 0 Å². The van der Waals surface area contributed by atoms with Crippen molar-refractivity contribution in [3.05, 3.63) is 12.2 Å². The number of hydrogen-bond donors (Lipinski definition) is 1. The van der Waals surface area contributed by atoms with Gasteiger partial charge in [0.15, 0.2) is 0 Å². The monoisotopic (exact) mass is 201 g/mol. The number of likely N-dealkylation sites (N-methyl/N-ethyl adjacent to an activating group) is 1. The smallest absolute Gasteiger partial charge is 0.330 e. The minimum Gasteiger partial charge on any atom is -0.461 e. The van der Waals surface area contributed by atoms with Crippen molar-refractivity contribution in [2.24, 2.45) is 0 Å². The molecule has 0 radical (unpaired) electrons. The zero-order valence-corrected chi connectivity index (χ0v) is 9.28. The van der Waals surface area contributed by atoms with Crippen LogP contribution in [-0.2, 0) is 9.53 Å². The van der Waals surface area contributed by atoms with E-state index in [4.69, 9.17) is 9.84 Å². The molecular weight excluding hydrogens is 182 g/mol. The molecule has 14 heavy (non-hydrogen) atoms. The minimum absolute atomic E-state index is 0.147. The van der Waals surface area contributed by atoms with Crippen LogP contribution in [0.15, 0.2) is 12.2 Å². The second kappa shape index (κ2) is 5.78. The lowest BCUT2D eigenvalue weighted by molar-refractivity contribution is -0.141. The van der Waals surface area contributed by atoms with Gasteiger partial charge < -0.3 is 14.7 Å². The van der Waals surface area contributed by atoms with E-state index < -0.39 is 5.97 Å². The average Bonchev–Trinajstić information content (AvgIpc) is 2.11. The Kier molecular flexibility index (Phi) is 5.42. The summed E-state index contributed by atoms with van der Waals surface area (Å²) in [6, 6.07) is 0. The second-order valence-electron chi connectivity index (χ2n) is 3.90. The maximum Gasteiger partial charge on any atom is 0.330 e. The molecule has 4 nitrogen and oxygen atoms in total. The fourth-order valence-electron chi connectivity index (χ4n) is 0.574. The summed E-state index contributed by atoms with van der Waals surface area (Å²) in [7, 11) is 3.86. The Labute approximate surface area is 85.2 Å². The van der Waals surface area contributed by atoms with E-state index in [1.165, 1.54) is 12.2 Å². The highest BCUT2D eigenvalue weighted by Gasteiger charge is 2.21. The van der Waals surface area contributed by atoms with Gasteiger partial charge >= 0.3 is 5.97 Å². The Balaban J connectivity index is 3.94. The lowest BCUT2D eigenvalue weighted by Crippen LogP contribution is -2.42. The first-order valence-electron chi connectivity index (χ1n) is 4.51. The molecule has 0 fully saturated rings. The minimum atomic E-state index is -0.422. The molecule has 0 aromatic carbocycles. The molecule has 1 N–H and O–H groups in total. The molecule has 0 unspecified atom stereocenters. The predicted octanol–water partition coefficient (Wildman–Crippen LogP) is 0.418. The van der Waals surface area contributed by atoms with Crippen molar-refractivity contribution in [1.82, 2.24) is 4.90 Å². The van der Waals surface area contributed by atoms with Crippen LogP contribution in [-0.4, -0.2) is 48.8 Å². The molecule has 82 valence electrons. The number of hydrogen-bond acceptors (Lipinski definition) is 4. The summed E-state index contributed by atoms with van der Waals surface area (Å²) in [6.07, 6.45) is 2.58. The van der Waals surface area contributed by atoms with Crippen molar-refractivity contribution < 1.29 is 14.6 Å². The Morgan fingerprint density at radius 3 is 2.50 bits per heavy atom. The van der Waals surface area contributed by atoms with Crippen molar-refractivity contribution >= 4 is 5.97 Å². The van der Waals surface area contributed by atoms with Gasteiger partial charge in [-0.3, -0.25) is 0 Å². The first-order chi connectivity index (χ1) is 6.40. The SMILES string of the molecule is CN(C)C(C)(C)COC(=O)/C=C/CO. The third-order valence-electron chi connectivity index (χ3n) is 2.14. The molecule has 0 aliphatic heterocycles. The van der Waals surface area contributed by atoms with Gasteiger partial charge in [-0.2, -0.15) is 0 Å². The van der Waals surface area contributed by atoms with Crippen molar-refractivity contribution in [2.75, 3.05) is 27.3 Å². The highest BCUT2D eigenvalue weighted by Crippen LogP contribution is 2.10. The summed E-state index contributed by atoms with van der Waals surface area (Å²) >= 11 is 0. The molecule has 0 spiro atoms.